The van der Waals surface area contributed by atoms with Crippen molar-refractivity contribution in [1.82, 2.24) is 9.66 Å². The smallest absolute Gasteiger partial charge is 0.282 e. The second-order valence-corrected chi connectivity index (χ2v) is 8.83. The van der Waals surface area contributed by atoms with Gasteiger partial charge < -0.3 is 9.47 Å². The summed E-state index contributed by atoms with van der Waals surface area (Å²) in [5.74, 6) is 4.17. The molecule has 0 aliphatic rings. The van der Waals surface area contributed by atoms with Crippen molar-refractivity contribution < 1.29 is 9.47 Å². The molecule has 0 aliphatic carbocycles. The van der Waals surface area contributed by atoms with E-state index < -0.39 is 0 Å². The van der Waals surface area contributed by atoms with E-state index in [1.807, 2.05) is 32.0 Å². The van der Waals surface area contributed by atoms with Crippen LogP contribution in [-0.4, -0.2) is 29.1 Å². The van der Waals surface area contributed by atoms with E-state index in [0.717, 1.165) is 16.5 Å². The summed E-state index contributed by atoms with van der Waals surface area (Å²) in [6.45, 7) is 6.55. The van der Waals surface area contributed by atoms with E-state index in [9.17, 15) is 4.79 Å². The predicted octanol–water partition coefficient (Wildman–Crippen LogP) is 5.73. The van der Waals surface area contributed by atoms with Gasteiger partial charge in [0.15, 0.2) is 11.5 Å². The molecule has 3 aromatic rings. The monoisotopic (exact) mass is 559 g/mol. The zero-order chi connectivity index (χ0) is 23.3. The number of terminal acetylenes is 1. The normalized spacial score (nSPS) is 12.1. The molecule has 0 spiro atoms. The van der Waals surface area contributed by atoms with Gasteiger partial charge in [0.2, 0.25) is 0 Å². The van der Waals surface area contributed by atoms with E-state index in [4.69, 9.17) is 20.9 Å². The quantitative estimate of drug-likeness (QED) is 0.261. The Morgan fingerprint density at radius 3 is 2.72 bits per heavy atom. The minimum absolute atomic E-state index is 0.0538. The summed E-state index contributed by atoms with van der Waals surface area (Å²) < 4.78 is 14.2. The molecule has 32 heavy (non-hydrogen) atoms. The molecule has 0 bridgehead atoms. The molecule has 6 nitrogen and oxygen atoms in total. The molecule has 0 saturated carbocycles. The number of fused-ring (bicyclic) bond motifs is 1. The van der Waals surface area contributed by atoms with Gasteiger partial charge in [-0.25, -0.2) is 4.98 Å². The zero-order valence-corrected chi connectivity index (χ0v) is 21.2. The molecular weight excluding hydrogens is 538 g/mol. The summed E-state index contributed by atoms with van der Waals surface area (Å²) in [6.07, 6.45) is 7.74. The number of halogens is 2. The third kappa shape index (κ3) is 5.22. The molecule has 0 unspecified atom stereocenters. The van der Waals surface area contributed by atoms with E-state index in [0.29, 0.717) is 39.3 Å². The Bertz CT molecular complexity index is 1260. The first-order chi connectivity index (χ1) is 15.4. The number of ether oxygens (including phenoxy) is 2. The average Bonchev–Trinajstić information content (AvgIpc) is 2.78. The molecule has 8 heteroatoms. The van der Waals surface area contributed by atoms with Crippen LogP contribution in [0.4, 0.5) is 0 Å². The number of nitrogens with zero attached hydrogens (tertiary/aromatic N) is 3. The van der Waals surface area contributed by atoms with E-state index in [2.05, 4.69) is 49.8 Å². The average molecular weight is 561 g/mol. The second kappa shape index (κ2) is 10.8. The van der Waals surface area contributed by atoms with Crippen molar-refractivity contribution in [2.24, 2.45) is 5.10 Å². The highest BCUT2D eigenvalue weighted by atomic mass is 79.9. The highest BCUT2D eigenvalue weighted by Gasteiger charge is 2.16. The van der Waals surface area contributed by atoms with Crippen LogP contribution in [0.15, 0.2) is 49.2 Å². The van der Waals surface area contributed by atoms with Crippen LogP contribution < -0.4 is 15.0 Å². The van der Waals surface area contributed by atoms with Crippen LogP contribution in [0.25, 0.3) is 10.9 Å². The predicted molar refractivity (Wildman–Crippen MR) is 135 cm³/mol. The number of aromatic nitrogens is 2. The van der Waals surface area contributed by atoms with Crippen molar-refractivity contribution in [2.45, 2.75) is 33.1 Å². The lowest BCUT2D eigenvalue weighted by atomic mass is 10.1. The number of benzene rings is 2. The van der Waals surface area contributed by atoms with Crippen molar-refractivity contribution in [1.29, 1.82) is 0 Å². The van der Waals surface area contributed by atoms with E-state index in [-0.39, 0.29) is 18.1 Å². The lowest BCUT2D eigenvalue weighted by Gasteiger charge is -2.15. The van der Waals surface area contributed by atoms with E-state index in [1.165, 1.54) is 4.68 Å². The molecular formula is C24H23Br2N3O3. The first kappa shape index (κ1) is 24.0. The molecule has 0 amide bonds. The maximum atomic E-state index is 13.3. The van der Waals surface area contributed by atoms with Gasteiger partial charge in [-0.3, -0.25) is 4.79 Å². The van der Waals surface area contributed by atoms with Gasteiger partial charge >= 0.3 is 0 Å². The molecule has 0 saturated heterocycles. The topological polar surface area (TPSA) is 65.7 Å². The summed E-state index contributed by atoms with van der Waals surface area (Å²) in [4.78, 5) is 18.0. The van der Waals surface area contributed by atoms with Gasteiger partial charge in [-0.2, -0.15) is 9.78 Å². The summed E-state index contributed by atoms with van der Waals surface area (Å²) in [5.41, 5.74) is 1.15. The van der Waals surface area contributed by atoms with Gasteiger partial charge in [0.05, 0.1) is 28.2 Å². The minimum Gasteiger partial charge on any atom is -0.490 e. The highest BCUT2D eigenvalue weighted by Crippen LogP contribution is 2.36. The first-order valence-electron chi connectivity index (χ1n) is 10.2. The largest absolute Gasteiger partial charge is 0.490 e. The van der Waals surface area contributed by atoms with Crippen molar-refractivity contribution in [3.05, 3.63) is 61.0 Å². The van der Waals surface area contributed by atoms with E-state index in [1.54, 1.807) is 18.3 Å². The third-order valence-corrected chi connectivity index (χ3v) is 5.92. The summed E-state index contributed by atoms with van der Waals surface area (Å²) in [6, 6.07) is 9.10. The van der Waals surface area contributed by atoms with Crippen LogP contribution in [-0.2, 0) is 0 Å². The molecule has 3 rings (SSSR count). The molecule has 1 atom stereocenters. The molecule has 0 aliphatic heterocycles. The van der Waals surface area contributed by atoms with Gasteiger partial charge in [-0.1, -0.05) is 35.7 Å². The molecule has 0 fully saturated rings. The first-order valence-corrected chi connectivity index (χ1v) is 11.8. The Hall–Kier alpha value is -2.63. The standard InChI is InChI=1S/C24H23Br2N3O3/c1-5-10-32-22-19(26)11-16(12-21(22)31-7-3)14-27-29-23(15(4)6-2)28-20-9-8-17(25)13-18(20)24(29)30/h1,8-9,11-15H,6-7,10H2,2-4H3/t15-/m0/s1. The lowest BCUT2D eigenvalue weighted by molar-refractivity contribution is 0.298. The van der Waals surface area contributed by atoms with Crippen LogP contribution in [0.3, 0.4) is 0 Å². The van der Waals surface area contributed by atoms with Crippen molar-refractivity contribution in [3.8, 4) is 23.8 Å². The van der Waals surface area contributed by atoms with Gasteiger partial charge in [0.1, 0.15) is 12.4 Å². The summed E-state index contributed by atoms with van der Waals surface area (Å²) in [7, 11) is 0. The maximum Gasteiger partial charge on any atom is 0.282 e. The van der Waals surface area contributed by atoms with Crippen molar-refractivity contribution in [2.75, 3.05) is 13.2 Å². The Morgan fingerprint density at radius 2 is 2.03 bits per heavy atom. The van der Waals surface area contributed by atoms with Crippen LogP contribution >= 0.6 is 31.9 Å². The number of rotatable bonds is 8. The molecule has 2 aromatic carbocycles. The van der Waals surface area contributed by atoms with Crippen LogP contribution in [0.5, 0.6) is 11.5 Å². The summed E-state index contributed by atoms with van der Waals surface area (Å²) in [5, 5.41) is 5.01. The fourth-order valence-corrected chi connectivity index (χ4v) is 4.02. The van der Waals surface area contributed by atoms with Crippen LogP contribution in [0.2, 0.25) is 0 Å². The van der Waals surface area contributed by atoms with Gasteiger partial charge in [-0.15, -0.1) is 6.42 Å². The van der Waals surface area contributed by atoms with Crippen molar-refractivity contribution in [3.63, 3.8) is 0 Å². The summed E-state index contributed by atoms with van der Waals surface area (Å²) >= 11 is 6.93. The maximum absolute atomic E-state index is 13.3. The molecule has 1 heterocycles. The van der Waals surface area contributed by atoms with Gasteiger partial charge in [0.25, 0.3) is 5.56 Å². The lowest BCUT2D eigenvalue weighted by Crippen LogP contribution is -2.23. The Kier molecular flexibility index (Phi) is 8.10. The van der Waals surface area contributed by atoms with Crippen LogP contribution in [0, 0.1) is 12.3 Å². The number of hydrogen-bond acceptors (Lipinski definition) is 5. The minimum atomic E-state index is -0.221. The van der Waals surface area contributed by atoms with E-state index >= 15 is 0 Å². The van der Waals surface area contributed by atoms with Gasteiger partial charge in [0, 0.05) is 10.4 Å². The Balaban J connectivity index is 2.12. The second-order valence-electron chi connectivity index (χ2n) is 7.06. The number of hydrogen-bond donors (Lipinski definition) is 0. The zero-order valence-electron chi connectivity index (χ0n) is 18.1. The third-order valence-electron chi connectivity index (χ3n) is 4.84. The molecule has 1 aromatic heterocycles. The highest BCUT2D eigenvalue weighted by molar-refractivity contribution is 9.10. The van der Waals surface area contributed by atoms with Gasteiger partial charge in [-0.05, 0) is 65.2 Å². The molecule has 0 N–H and O–H groups in total. The molecule has 0 radical (unpaired) electrons. The molecule has 166 valence electrons. The Labute approximate surface area is 203 Å². The van der Waals surface area contributed by atoms with Crippen molar-refractivity contribution >= 4 is 49.0 Å². The van der Waals surface area contributed by atoms with Crippen LogP contribution in [0.1, 0.15) is 44.5 Å². The Morgan fingerprint density at radius 1 is 1.25 bits per heavy atom. The fraction of sp³-hybridized carbons (Fsp3) is 0.292. The SMILES string of the molecule is C#CCOc1c(Br)cc(C=Nn2c([C@@H](C)CC)nc3ccc(Br)cc3c2=O)cc1OCC. The fourth-order valence-electron chi connectivity index (χ4n) is 3.08.